The van der Waals surface area contributed by atoms with Gasteiger partial charge < -0.3 is 10.1 Å². The number of carbonyl (C=O) groups is 2. The van der Waals surface area contributed by atoms with Crippen LogP contribution in [0.3, 0.4) is 0 Å². The van der Waals surface area contributed by atoms with Crippen molar-refractivity contribution in [1.82, 2.24) is 4.31 Å². The van der Waals surface area contributed by atoms with Gasteiger partial charge in [-0.3, -0.25) is 14.9 Å². The molecule has 0 bridgehead atoms. The summed E-state index contributed by atoms with van der Waals surface area (Å²) >= 11 is 0. The minimum absolute atomic E-state index is 0.102. The van der Waals surface area contributed by atoms with E-state index in [0.717, 1.165) is 11.6 Å². The van der Waals surface area contributed by atoms with E-state index in [1.54, 1.807) is 32.0 Å². The molecule has 0 atom stereocenters. The fraction of sp³-hybridized carbons (Fsp3) is 0.364. The van der Waals surface area contributed by atoms with Crippen molar-refractivity contribution in [2.75, 3.05) is 25.5 Å². The summed E-state index contributed by atoms with van der Waals surface area (Å²) in [5.74, 6) is -1.19. The summed E-state index contributed by atoms with van der Waals surface area (Å²) in [7, 11) is -2.66. The fourth-order valence-electron chi connectivity index (χ4n) is 3.71. The number of aryl methyl sites for hydroxylation is 2. The Bertz CT molecular complexity index is 1200. The molecular formula is C22H25N3O7S. The minimum Gasteiger partial charge on any atom is -0.465 e. The number of amides is 1. The van der Waals surface area contributed by atoms with E-state index in [2.05, 4.69) is 5.32 Å². The molecule has 0 saturated carbocycles. The van der Waals surface area contributed by atoms with Crippen molar-refractivity contribution in [1.29, 1.82) is 0 Å². The number of carbonyl (C=O) groups excluding carboxylic acids is 2. The number of benzene rings is 2. The third kappa shape index (κ3) is 5.20. The number of ether oxygens (including phenoxy) is 1. The first-order valence-corrected chi connectivity index (χ1v) is 11.7. The highest BCUT2D eigenvalue weighted by molar-refractivity contribution is 7.89. The normalized spacial score (nSPS) is 15.1. The van der Waals surface area contributed by atoms with E-state index < -0.39 is 26.8 Å². The molecule has 0 aromatic heterocycles. The zero-order valence-corrected chi connectivity index (χ0v) is 19.3. The monoisotopic (exact) mass is 475 g/mol. The number of sulfonamides is 1. The molecule has 2 aromatic carbocycles. The number of nitro groups is 1. The van der Waals surface area contributed by atoms with Crippen LogP contribution in [0.5, 0.6) is 0 Å². The first-order chi connectivity index (χ1) is 15.5. The number of hydrogen-bond donors (Lipinski definition) is 1. The number of anilines is 1. The van der Waals surface area contributed by atoms with E-state index in [-0.39, 0.29) is 29.6 Å². The van der Waals surface area contributed by atoms with Gasteiger partial charge in [0.15, 0.2) is 0 Å². The number of nitro benzene ring substituents is 1. The van der Waals surface area contributed by atoms with E-state index in [9.17, 15) is 28.1 Å². The summed E-state index contributed by atoms with van der Waals surface area (Å²) in [6.45, 7) is 3.61. The summed E-state index contributed by atoms with van der Waals surface area (Å²) in [6.07, 6.45) is 0.601. The average molecular weight is 476 g/mol. The summed E-state index contributed by atoms with van der Waals surface area (Å²) in [6, 6.07) is 8.61. The van der Waals surface area contributed by atoms with E-state index in [0.29, 0.717) is 29.7 Å². The number of rotatable bonds is 6. The molecule has 1 fully saturated rings. The highest BCUT2D eigenvalue weighted by Crippen LogP contribution is 2.29. The third-order valence-electron chi connectivity index (χ3n) is 5.74. The summed E-state index contributed by atoms with van der Waals surface area (Å²) in [4.78, 5) is 34.9. The molecular weight excluding hydrogens is 450 g/mol. The van der Waals surface area contributed by atoms with Crippen LogP contribution < -0.4 is 5.32 Å². The largest absolute Gasteiger partial charge is 0.465 e. The molecule has 1 amide bonds. The second-order valence-electron chi connectivity index (χ2n) is 7.90. The quantitative estimate of drug-likeness (QED) is 0.385. The Morgan fingerprint density at radius 3 is 2.33 bits per heavy atom. The lowest BCUT2D eigenvalue weighted by molar-refractivity contribution is -0.385. The van der Waals surface area contributed by atoms with Crippen LogP contribution in [0.2, 0.25) is 0 Å². The Morgan fingerprint density at radius 2 is 1.73 bits per heavy atom. The molecule has 0 radical (unpaired) electrons. The second kappa shape index (κ2) is 9.67. The van der Waals surface area contributed by atoms with Crippen molar-refractivity contribution in [3.63, 3.8) is 0 Å². The lowest BCUT2D eigenvalue weighted by atomic mass is 9.97. The Balaban J connectivity index is 1.70. The smallest absolute Gasteiger partial charge is 0.337 e. The van der Waals surface area contributed by atoms with Gasteiger partial charge in [0.1, 0.15) is 0 Å². The van der Waals surface area contributed by atoms with Crippen LogP contribution in [-0.2, 0) is 19.6 Å². The molecule has 1 N–H and O–H groups in total. The SMILES string of the molecule is COC(=O)c1ccc(C)c(NC(=O)C2CCN(S(=O)(=O)c3cc([N+](=O)[O-])ccc3C)CC2)c1. The Kier molecular flexibility index (Phi) is 7.13. The zero-order valence-electron chi connectivity index (χ0n) is 18.5. The van der Waals surface area contributed by atoms with Crippen LogP contribution in [0, 0.1) is 29.9 Å². The molecule has 0 aliphatic carbocycles. The van der Waals surface area contributed by atoms with E-state index in [4.69, 9.17) is 4.74 Å². The van der Waals surface area contributed by atoms with Gasteiger partial charge in [0.25, 0.3) is 5.69 Å². The van der Waals surface area contributed by atoms with Crippen LogP contribution in [0.1, 0.15) is 34.3 Å². The van der Waals surface area contributed by atoms with Gasteiger partial charge in [0.2, 0.25) is 15.9 Å². The first kappa shape index (κ1) is 24.3. The third-order valence-corrected chi connectivity index (χ3v) is 7.78. The van der Waals surface area contributed by atoms with E-state index >= 15 is 0 Å². The minimum atomic E-state index is -3.94. The molecule has 1 aliphatic heterocycles. The van der Waals surface area contributed by atoms with Crippen LogP contribution in [0.15, 0.2) is 41.3 Å². The predicted octanol–water partition coefficient (Wildman–Crippen LogP) is 3.04. The summed E-state index contributed by atoms with van der Waals surface area (Å²) in [5.41, 5.74) is 1.70. The van der Waals surface area contributed by atoms with Crippen molar-refractivity contribution < 1.29 is 27.7 Å². The van der Waals surface area contributed by atoms with E-state index in [1.165, 1.54) is 23.5 Å². The topological polar surface area (TPSA) is 136 Å². The molecule has 0 unspecified atom stereocenters. The predicted molar refractivity (Wildman–Crippen MR) is 120 cm³/mol. The molecule has 3 rings (SSSR count). The van der Waals surface area contributed by atoms with Crippen molar-refractivity contribution in [3.05, 3.63) is 63.2 Å². The fourth-order valence-corrected chi connectivity index (χ4v) is 5.43. The van der Waals surface area contributed by atoms with Gasteiger partial charge >= 0.3 is 5.97 Å². The van der Waals surface area contributed by atoms with Crippen molar-refractivity contribution in [2.45, 2.75) is 31.6 Å². The molecule has 1 saturated heterocycles. The Morgan fingerprint density at radius 1 is 1.09 bits per heavy atom. The lowest BCUT2D eigenvalue weighted by Crippen LogP contribution is -2.41. The Labute approximate surface area is 191 Å². The molecule has 33 heavy (non-hydrogen) atoms. The van der Waals surface area contributed by atoms with Crippen molar-refractivity contribution >= 4 is 33.3 Å². The van der Waals surface area contributed by atoms with Crippen LogP contribution in [0.25, 0.3) is 0 Å². The summed E-state index contributed by atoms with van der Waals surface area (Å²) in [5, 5.41) is 13.9. The number of methoxy groups -OCH3 is 1. The number of nitrogens with one attached hydrogen (secondary N) is 1. The lowest BCUT2D eigenvalue weighted by Gasteiger charge is -2.31. The van der Waals surface area contributed by atoms with Gasteiger partial charge in [-0.1, -0.05) is 12.1 Å². The maximum atomic E-state index is 13.1. The molecule has 2 aromatic rings. The van der Waals surface area contributed by atoms with Gasteiger partial charge in [0.05, 0.1) is 22.5 Å². The van der Waals surface area contributed by atoms with E-state index in [1.807, 2.05) is 0 Å². The van der Waals surface area contributed by atoms with Crippen molar-refractivity contribution in [2.24, 2.45) is 5.92 Å². The van der Waals surface area contributed by atoms with Crippen LogP contribution in [-0.4, -0.2) is 49.7 Å². The molecule has 10 nitrogen and oxygen atoms in total. The van der Waals surface area contributed by atoms with Gasteiger partial charge in [-0.05, 0) is 49.9 Å². The molecule has 1 heterocycles. The van der Waals surface area contributed by atoms with Crippen LogP contribution in [0.4, 0.5) is 11.4 Å². The standard InChI is InChI=1S/C22H25N3O7S/c1-14-4-6-17(22(27)32-3)12-19(14)23-21(26)16-8-10-24(11-9-16)33(30,31)20-13-18(25(28)29)7-5-15(20)2/h4-7,12-13,16H,8-11H2,1-3H3,(H,23,26). The highest BCUT2D eigenvalue weighted by Gasteiger charge is 2.33. The number of non-ortho nitro benzene ring substituents is 1. The van der Waals surface area contributed by atoms with Crippen molar-refractivity contribution in [3.8, 4) is 0 Å². The van der Waals surface area contributed by atoms with Gasteiger partial charge in [0, 0.05) is 36.8 Å². The van der Waals surface area contributed by atoms with Gasteiger partial charge in [-0.15, -0.1) is 0 Å². The number of esters is 1. The van der Waals surface area contributed by atoms with Gasteiger partial charge in [-0.25, -0.2) is 13.2 Å². The van der Waals surface area contributed by atoms with Gasteiger partial charge in [-0.2, -0.15) is 4.31 Å². The molecule has 176 valence electrons. The zero-order chi connectivity index (χ0) is 24.3. The maximum Gasteiger partial charge on any atom is 0.337 e. The highest BCUT2D eigenvalue weighted by atomic mass is 32.2. The molecule has 11 heteroatoms. The Hall–Kier alpha value is -3.31. The molecule has 1 aliphatic rings. The molecule has 0 spiro atoms. The average Bonchev–Trinajstić information content (AvgIpc) is 2.80. The number of nitrogens with zero attached hydrogens (tertiary/aromatic N) is 2. The first-order valence-electron chi connectivity index (χ1n) is 10.3. The maximum absolute atomic E-state index is 13.1. The van der Waals surface area contributed by atoms with Crippen LogP contribution >= 0.6 is 0 Å². The number of hydrogen-bond acceptors (Lipinski definition) is 7. The second-order valence-corrected chi connectivity index (χ2v) is 9.80. The number of piperidine rings is 1. The summed E-state index contributed by atoms with van der Waals surface area (Å²) < 4.78 is 32.1.